The van der Waals surface area contributed by atoms with Crippen LogP contribution in [0.5, 0.6) is 0 Å². The molecule has 23 heavy (non-hydrogen) atoms. The van der Waals surface area contributed by atoms with E-state index in [1.54, 1.807) is 6.26 Å². The predicted octanol–water partition coefficient (Wildman–Crippen LogP) is 4.00. The Kier molecular flexibility index (Phi) is 3.44. The van der Waals surface area contributed by atoms with Crippen LogP contribution in [0.3, 0.4) is 0 Å². The van der Waals surface area contributed by atoms with E-state index < -0.39 is 0 Å². The van der Waals surface area contributed by atoms with Crippen LogP contribution in [-0.2, 0) is 11.3 Å². The fraction of sp³-hybridized carbons (Fsp3) is 0.0588. The van der Waals surface area contributed by atoms with Crippen LogP contribution in [0, 0.1) is 0 Å². The van der Waals surface area contributed by atoms with Crippen molar-refractivity contribution in [1.29, 1.82) is 0 Å². The van der Waals surface area contributed by atoms with Gasteiger partial charge in [-0.3, -0.25) is 4.79 Å². The fourth-order valence-corrected chi connectivity index (χ4v) is 3.18. The number of thiazole rings is 1. The number of para-hydroxylation sites is 1. The lowest BCUT2D eigenvalue weighted by atomic mass is 10.2. The van der Waals surface area contributed by atoms with Crippen molar-refractivity contribution in [2.24, 2.45) is 0 Å². The summed E-state index contributed by atoms with van der Waals surface area (Å²) in [5, 5.41) is 6.38. The summed E-state index contributed by atoms with van der Waals surface area (Å²) in [5.74, 6) is 0.588. The number of anilines is 1. The minimum absolute atomic E-state index is 0.105. The highest BCUT2D eigenvalue weighted by Gasteiger charge is 2.11. The number of furan rings is 1. The van der Waals surface area contributed by atoms with Gasteiger partial charge < -0.3 is 14.3 Å². The number of benzene rings is 1. The van der Waals surface area contributed by atoms with Crippen molar-refractivity contribution in [2.75, 3.05) is 5.32 Å². The number of nitrogens with one attached hydrogen (secondary N) is 1. The Balaban J connectivity index is 1.48. The van der Waals surface area contributed by atoms with Gasteiger partial charge in [0, 0.05) is 17.1 Å². The third-order valence-corrected chi connectivity index (χ3v) is 4.28. The Morgan fingerprint density at radius 2 is 2.13 bits per heavy atom. The Morgan fingerprint density at radius 1 is 1.22 bits per heavy atom. The first-order valence-electron chi connectivity index (χ1n) is 7.13. The molecular weight excluding hydrogens is 310 g/mol. The molecular formula is C17H13N3O2S. The van der Waals surface area contributed by atoms with E-state index in [0.717, 1.165) is 16.6 Å². The first-order chi connectivity index (χ1) is 11.3. The van der Waals surface area contributed by atoms with Gasteiger partial charge in [-0.25, -0.2) is 4.98 Å². The summed E-state index contributed by atoms with van der Waals surface area (Å²) in [4.78, 5) is 16.6. The highest BCUT2D eigenvalue weighted by molar-refractivity contribution is 7.14. The molecule has 0 spiro atoms. The van der Waals surface area contributed by atoms with Crippen LogP contribution >= 0.6 is 11.3 Å². The van der Waals surface area contributed by atoms with Gasteiger partial charge in [-0.1, -0.05) is 18.2 Å². The maximum Gasteiger partial charge on any atom is 0.246 e. The second-order valence-corrected chi connectivity index (χ2v) is 5.92. The standard InChI is InChI=1S/C17H13N3O2S/c21-16(10-20-8-7-12-4-1-2-5-14(12)20)19-17-18-13(11-23-17)15-6-3-9-22-15/h1-9,11H,10H2,(H,18,19,21). The minimum Gasteiger partial charge on any atom is -0.463 e. The maximum absolute atomic E-state index is 12.2. The molecule has 0 aliphatic rings. The van der Waals surface area contributed by atoms with Crippen molar-refractivity contribution in [2.45, 2.75) is 6.54 Å². The van der Waals surface area contributed by atoms with Crippen LogP contribution in [-0.4, -0.2) is 15.5 Å². The first-order valence-corrected chi connectivity index (χ1v) is 8.01. The molecule has 6 heteroatoms. The first kappa shape index (κ1) is 13.8. The van der Waals surface area contributed by atoms with Gasteiger partial charge in [0.05, 0.1) is 6.26 Å². The van der Waals surface area contributed by atoms with Gasteiger partial charge in [0.2, 0.25) is 5.91 Å². The summed E-state index contributed by atoms with van der Waals surface area (Å²) in [5.41, 5.74) is 1.76. The summed E-state index contributed by atoms with van der Waals surface area (Å²) >= 11 is 1.38. The molecule has 0 bridgehead atoms. The summed E-state index contributed by atoms with van der Waals surface area (Å²) in [6.45, 7) is 0.253. The topological polar surface area (TPSA) is 60.1 Å². The minimum atomic E-state index is -0.105. The molecule has 0 saturated heterocycles. The molecule has 114 valence electrons. The van der Waals surface area contributed by atoms with Gasteiger partial charge in [-0.15, -0.1) is 11.3 Å². The van der Waals surface area contributed by atoms with Gasteiger partial charge in [0.25, 0.3) is 0 Å². The molecule has 0 aliphatic carbocycles. The SMILES string of the molecule is O=C(Cn1ccc2ccccc21)Nc1nc(-c2ccco2)cs1. The Bertz CT molecular complexity index is 953. The molecule has 1 aromatic carbocycles. The monoisotopic (exact) mass is 323 g/mol. The molecule has 1 N–H and O–H groups in total. The molecule has 0 atom stereocenters. The zero-order valence-corrected chi connectivity index (χ0v) is 12.9. The van der Waals surface area contributed by atoms with Crippen LogP contribution < -0.4 is 5.32 Å². The van der Waals surface area contributed by atoms with Crippen LogP contribution in [0.2, 0.25) is 0 Å². The van der Waals surface area contributed by atoms with Crippen molar-refractivity contribution >= 4 is 33.3 Å². The van der Waals surface area contributed by atoms with E-state index >= 15 is 0 Å². The van der Waals surface area contributed by atoms with E-state index in [-0.39, 0.29) is 12.5 Å². The molecule has 4 aromatic rings. The van der Waals surface area contributed by atoms with Gasteiger partial charge in [0.15, 0.2) is 10.9 Å². The third kappa shape index (κ3) is 2.76. The van der Waals surface area contributed by atoms with Crippen LogP contribution in [0.25, 0.3) is 22.4 Å². The van der Waals surface area contributed by atoms with Crippen LogP contribution in [0.1, 0.15) is 0 Å². The van der Waals surface area contributed by atoms with E-state index in [0.29, 0.717) is 10.9 Å². The summed E-state index contributed by atoms with van der Waals surface area (Å²) in [7, 11) is 0. The number of aromatic nitrogens is 2. The summed E-state index contributed by atoms with van der Waals surface area (Å²) in [6.07, 6.45) is 3.52. The van der Waals surface area contributed by atoms with Crippen molar-refractivity contribution in [3.05, 3.63) is 60.3 Å². The van der Waals surface area contributed by atoms with Crippen molar-refractivity contribution in [3.8, 4) is 11.5 Å². The third-order valence-electron chi connectivity index (χ3n) is 3.52. The van der Waals surface area contributed by atoms with E-state index in [4.69, 9.17) is 4.42 Å². The molecule has 5 nitrogen and oxygen atoms in total. The maximum atomic E-state index is 12.2. The molecule has 0 radical (unpaired) electrons. The van der Waals surface area contributed by atoms with E-state index in [2.05, 4.69) is 10.3 Å². The smallest absolute Gasteiger partial charge is 0.246 e. The second kappa shape index (κ2) is 5.73. The molecule has 0 unspecified atom stereocenters. The molecule has 3 heterocycles. The summed E-state index contributed by atoms with van der Waals surface area (Å²) < 4.78 is 7.22. The number of hydrogen-bond donors (Lipinski definition) is 1. The normalized spacial score (nSPS) is 11.0. The number of fused-ring (bicyclic) bond motifs is 1. The van der Waals surface area contributed by atoms with Crippen LogP contribution in [0.4, 0.5) is 5.13 Å². The van der Waals surface area contributed by atoms with Crippen LogP contribution in [0.15, 0.2) is 64.7 Å². The second-order valence-electron chi connectivity index (χ2n) is 5.07. The highest BCUT2D eigenvalue weighted by atomic mass is 32.1. The fourth-order valence-electron chi connectivity index (χ4n) is 2.46. The number of rotatable bonds is 4. The number of amides is 1. The van der Waals surface area contributed by atoms with E-state index in [1.165, 1.54) is 11.3 Å². The zero-order chi connectivity index (χ0) is 15.6. The average molecular weight is 323 g/mol. The van der Waals surface area contributed by atoms with Crippen molar-refractivity contribution < 1.29 is 9.21 Å². The molecule has 0 fully saturated rings. The van der Waals surface area contributed by atoms with Gasteiger partial charge in [-0.05, 0) is 29.7 Å². The van der Waals surface area contributed by atoms with Crippen molar-refractivity contribution in [1.82, 2.24) is 9.55 Å². The number of carbonyl (C=O) groups excluding carboxylic acids is 1. The van der Waals surface area contributed by atoms with Gasteiger partial charge in [-0.2, -0.15) is 0 Å². The molecule has 0 aliphatic heterocycles. The van der Waals surface area contributed by atoms with E-state index in [9.17, 15) is 4.79 Å². The Hall–Kier alpha value is -2.86. The lowest BCUT2D eigenvalue weighted by molar-refractivity contribution is -0.116. The Morgan fingerprint density at radius 3 is 3.00 bits per heavy atom. The highest BCUT2D eigenvalue weighted by Crippen LogP contribution is 2.25. The van der Waals surface area contributed by atoms with Gasteiger partial charge >= 0.3 is 0 Å². The zero-order valence-electron chi connectivity index (χ0n) is 12.1. The van der Waals surface area contributed by atoms with Gasteiger partial charge in [0.1, 0.15) is 12.2 Å². The quantitative estimate of drug-likeness (QED) is 0.617. The molecule has 4 rings (SSSR count). The Labute approximate surface area is 136 Å². The number of carbonyl (C=O) groups is 1. The molecule has 0 saturated carbocycles. The predicted molar refractivity (Wildman–Crippen MR) is 90.4 cm³/mol. The lowest BCUT2D eigenvalue weighted by Gasteiger charge is -2.05. The molecule has 3 aromatic heterocycles. The summed E-state index contributed by atoms with van der Waals surface area (Å²) in [6, 6.07) is 13.6. The number of hydrogen-bond acceptors (Lipinski definition) is 4. The largest absolute Gasteiger partial charge is 0.463 e. The average Bonchev–Trinajstić information content (AvgIpc) is 3.27. The lowest BCUT2D eigenvalue weighted by Crippen LogP contribution is -2.18. The molecule has 1 amide bonds. The van der Waals surface area contributed by atoms with Crippen molar-refractivity contribution in [3.63, 3.8) is 0 Å². The number of nitrogens with zero attached hydrogens (tertiary/aromatic N) is 2. The van der Waals surface area contributed by atoms with E-state index in [1.807, 2.05) is 58.6 Å².